The molecule has 0 bridgehead atoms. The molecule has 2 aliphatic heterocycles. The molecule has 2 fully saturated rings. The molecule has 0 aliphatic carbocycles. The Labute approximate surface area is 270 Å². The molecular formula is C35H43ClFN5O3. The summed E-state index contributed by atoms with van der Waals surface area (Å²) in [7, 11) is 0. The Morgan fingerprint density at radius 3 is 2.44 bits per heavy atom. The van der Waals surface area contributed by atoms with E-state index >= 15 is 0 Å². The molecule has 1 aromatic heterocycles. The number of anilines is 1. The van der Waals surface area contributed by atoms with Crippen molar-refractivity contribution in [2.45, 2.75) is 58.8 Å². The van der Waals surface area contributed by atoms with E-state index in [1.54, 1.807) is 30.5 Å². The summed E-state index contributed by atoms with van der Waals surface area (Å²) < 4.78 is 20.1. The van der Waals surface area contributed by atoms with Crippen molar-refractivity contribution in [1.29, 1.82) is 0 Å². The number of esters is 1. The third-order valence-corrected chi connectivity index (χ3v) is 8.73. The van der Waals surface area contributed by atoms with E-state index in [0.717, 1.165) is 70.8 Å². The Morgan fingerprint density at radius 1 is 1.00 bits per heavy atom. The Morgan fingerprint density at radius 2 is 1.76 bits per heavy atom. The number of carbonyl (C=O) groups excluding carboxylic acids is 2. The summed E-state index contributed by atoms with van der Waals surface area (Å²) in [5, 5.41) is 0.430. The fourth-order valence-electron chi connectivity index (χ4n) is 6.02. The summed E-state index contributed by atoms with van der Waals surface area (Å²) in [6, 6.07) is 17.0. The van der Waals surface area contributed by atoms with Gasteiger partial charge in [0, 0.05) is 88.7 Å². The minimum absolute atomic E-state index is 0.186. The van der Waals surface area contributed by atoms with Crippen molar-refractivity contribution in [3.05, 3.63) is 93.9 Å². The average Bonchev–Trinajstić information content (AvgIpc) is 3.44. The molecule has 45 heavy (non-hydrogen) atoms. The lowest BCUT2D eigenvalue weighted by Crippen LogP contribution is -2.46. The maximum Gasteiger partial charge on any atom is 0.342 e. The number of rotatable bonds is 13. The van der Waals surface area contributed by atoms with Crippen LogP contribution in [0.4, 0.5) is 10.2 Å². The highest BCUT2D eigenvalue weighted by Crippen LogP contribution is 2.24. The van der Waals surface area contributed by atoms with Crippen molar-refractivity contribution >= 4 is 29.3 Å². The Kier molecular flexibility index (Phi) is 11.4. The van der Waals surface area contributed by atoms with Crippen LogP contribution in [0.5, 0.6) is 0 Å². The van der Waals surface area contributed by atoms with Gasteiger partial charge in [-0.3, -0.25) is 14.6 Å². The number of amides is 1. The number of likely N-dealkylation sites (tertiary alicyclic amines) is 1. The van der Waals surface area contributed by atoms with Gasteiger partial charge in [-0.1, -0.05) is 41.9 Å². The molecular weight excluding hydrogens is 593 g/mol. The zero-order chi connectivity index (χ0) is 31.8. The molecule has 2 saturated heterocycles. The highest BCUT2D eigenvalue weighted by molar-refractivity contribution is 6.31. The number of carbonyl (C=O) groups is 2. The van der Waals surface area contributed by atoms with Crippen molar-refractivity contribution in [3.63, 3.8) is 0 Å². The number of aromatic nitrogens is 1. The van der Waals surface area contributed by atoms with E-state index < -0.39 is 0 Å². The van der Waals surface area contributed by atoms with Gasteiger partial charge in [-0.05, 0) is 62.1 Å². The van der Waals surface area contributed by atoms with Gasteiger partial charge in [-0.25, -0.2) is 14.2 Å². The number of hydrogen-bond acceptors (Lipinski definition) is 7. The number of benzene rings is 2. The van der Waals surface area contributed by atoms with Gasteiger partial charge in [-0.2, -0.15) is 0 Å². The predicted octanol–water partition coefficient (Wildman–Crippen LogP) is 5.78. The summed E-state index contributed by atoms with van der Waals surface area (Å²) in [4.78, 5) is 37.9. The lowest BCUT2D eigenvalue weighted by Gasteiger charge is -2.36. The molecule has 5 rings (SSSR count). The first kappa shape index (κ1) is 32.9. The summed E-state index contributed by atoms with van der Waals surface area (Å²) in [6.45, 7) is 11.1. The lowest BCUT2D eigenvalue weighted by atomic mass is 10.1. The van der Waals surface area contributed by atoms with Crippen LogP contribution >= 0.6 is 11.6 Å². The number of piperazine rings is 1. The maximum atomic E-state index is 14.7. The maximum absolute atomic E-state index is 14.7. The first-order valence-corrected chi connectivity index (χ1v) is 16.3. The van der Waals surface area contributed by atoms with E-state index in [1.165, 1.54) is 11.6 Å². The molecule has 0 saturated carbocycles. The minimum Gasteiger partial charge on any atom is -0.459 e. The monoisotopic (exact) mass is 635 g/mol. The molecule has 0 N–H and O–H groups in total. The Bertz CT molecular complexity index is 1430. The first-order chi connectivity index (χ1) is 21.8. The van der Waals surface area contributed by atoms with Crippen LogP contribution in [-0.4, -0.2) is 83.5 Å². The average molecular weight is 636 g/mol. The van der Waals surface area contributed by atoms with Crippen LogP contribution in [0.3, 0.4) is 0 Å². The van der Waals surface area contributed by atoms with Gasteiger partial charge in [0.05, 0.1) is 6.10 Å². The number of halogens is 2. The minimum atomic E-state index is -0.340. The molecule has 2 aromatic carbocycles. The Balaban J connectivity index is 1.16. The Hall–Kier alpha value is -3.53. The summed E-state index contributed by atoms with van der Waals surface area (Å²) in [6.07, 6.45) is 3.91. The number of hydrogen-bond donors (Lipinski definition) is 0. The molecule has 2 aliphatic rings. The fraction of sp³-hybridized carbons (Fsp3) is 0.457. The van der Waals surface area contributed by atoms with Crippen molar-refractivity contribution in [1.82, 2.24) is 19.7 Å². The van der Waals surface area contributed by atoms with E-state index in [1.807, 2.05) is 18.7 Å². The van der Waals surface area contributed by atoms with Crippen LogP contribution in [0, 0.1) is 5.82 Å². The van der Waals surface area contributed by atoms with E-state index in [0.29, 0.717) is 41.5 Å². The van der Waals surface area contributed by atoms with Crippen LogP contribution in [0.1, 0.15) is 60.2 Å². The molecule has 0 spiro atoms. The van der Waals surface area contributed by atoms with Crippen LogP contribution in [0.25, 0.3) is 0 Å². The highest BCUT2D eigenvalue weighted by atomic mass is 35.5. The fourth-order valence-corrected chi connectivity index (χ4v) is 6.24. The second-order valence-electron chi connectivity index (χ2n) is 12.2. The highest BCUT2D eigenvalue weighted by Gasteiger charge is 2.24. The van der Waals surface area contributed by atoms with Crippen molar-refractivity contribution in [3.8, 4) is 0 Å². The van der Waals surface area contributed by atoms with Gasteiger partial charge in [0.15, 0.2) is 0 Å². The number of ether oxygens (including phenoxy) is 1. The molecule has 0 radical (unpaired) electrons. The summed E-state index contributed by atoms with van der Waals surface area (Å²) in [5.41, 5.74) is 3.37. The van der Waals surface area contributed by atoms with E-state index in [2.05, 4.69) is 43.9 Å². The largest absolute Gasteiger partial charge is 0.459 e. The van der Waals surface area contributed by atoms with E-state index in [9.17, 15) is 14.0 Å². The van der Waals surface area contributed by atoms with Gasteiger partial charge in [0.2, 0.25) is 5.91 Å². The van der Waals surface area contributed by atoms with Gasteiger partial charge < -0.3 is 14.5 Å². The molecule has 3 aromatic rings. The molecule has 0 atom stereocenters. The lowest BCUT2D eigenvalue weighted by molar-refractivity contribution is -0.127. The third-order valence-electron chi connectivity index (χ3n) is 8.37. The molecule has 1 amide bonds. The molecule has 8 nitrogen and oxygen atoms in total. The van der Waals surface area contributed by atoms with Crippen LogP contribution in [0.2, 0.25) is 5.02 Å². The van der Waals surface area contributed by atoms with Gasteiger partial charge in [0.1, 0.15) is 17.2 Å². The van der Waals surface area contributed by atoms with E-state index in [4.69, 9.17) is 16.3 Å². The van der Waals surface area contributed by atoms with Crippen molar-refractivity contribution in [2.24, 2.45) is 0 Å². The van der Waals surface area contributed by atoms with Gasteiger partial charge in [0.25, 0.3) is 0 Å². The molecule has 0 unspecified atom stereocenters. The summed E-state index contributed by atoms with van der Waals surface area (Å²) in [5.74, 6) is 0.268. The van der Waals surface area contributed by atoms with Crippen LogP contribution < -0.4 is 4.90 Å². The molecule has 3 heterocycles. The van der Waals surface area contributed by atoms with Gasteiger partial charge in [-0.15, -0.1) is 0 Å². The number of nitrogens with zero attached hydrogens (tertiary/aromatic N) is 5. The number of pyridine rings is 1. The molecule has 240 valence electrons. The van der Waals surface area contributed by atoms with Gasteiger partial charge >= 0.3 is 5.97 Å². The standard InChI is InChI=1S/C35H43ClFN5O3/c1-26(2)45-35(44)29-7-4-15-38-34(29)42-21-19-39(20-22-42)23-27-11-13-28(14-12-27)24-40(16-6-18-41-17-5-10-33(41)43)25-30-31(36)8-3-9-32(30)37/h3-4,7-9,11-15,26H,5-6,10,16-25H2,1-2H3. The first-order valence-electron chi connectivity index (χ1n) is 15.9. The topological polar surface area (TPSA) is 69.2 Å². The quantitative estimate of drug-likeness (QED) is 0.221. The molecule has 10 heteroatoms. The predicted molar refractivity (Wildman–Crippen MR) is 175 cm³/mol. The zero-order valence-electron chi connectivity index (χ0n) is 26.3. The SMILES string of the molecule is CC(C)OC(=O)c1cccnc1N1CCN(Cc2ccc(CN(CCCN3CCCC3=O)Cc3c(F)cccc3Cl)cc2)CC1. The second kappa shape index (κ2) is 15.7. The third kappa shape index (κ3) is 9.02. The second-order valence-corrected chi connectivity index (χ2v) is 12.6. The van der Waals surface area contributed by atoms with Crippen LogP contribution in [0.15, 0.2) is 60.8 Å². The van der Waals surface area contributed by atoms with Crippen molar-refractivity contribution < 1.29 is 18.7 Å². The normalized spacial score (nSPS) is 15.8. The zero-order valence-corrected chi connectivity index (χ0v) is 27.0. The summed E-state index contributed by atoms with van der Waals surface area (Å²) >= 11 is 6.38. The van der Waals surface area contributed by atoms with Crippen molar-refractivity contribution in [2.75, 3.05) is 50.7 Å². The smallest absolute Gasteiger partial charge is 0.342 e. The van der Waals surface area contributed by atoms with Crippen LogP contribution in [-0.2, 0) is 29.2 Å². The van der Waals surface area contributed by atoms with E-state index in [-0.39, 0.29) is 23.8 Å².